The lowest BCUT2D eigenvalue weighted by Gasteiger charge is -2.11. The highest BCUT2D eigenvalue weighted by Crippen LogP contribution is 2.24. The molecule has 0 bridgehead atoms. The summed E-state index contributed by atoms with van der Waals surface area (Å²) in [7, 11) is 0. The van der Waals surface area contributed by atoms with Crippen LogP contribution in [0.15, 0.2) is 77.7 Å². The van der Waals surface area contributed by atoms with Crippen LogP contribution in [0.3, 0.4) is 0 Å². The number of amides is 2. The van der Waals surface area contributed by atoms with Crippen LogP contribution in [-0.4, -0.2) is 17.6 Å². The number of hydrogen-bond acceptors (Lipinski definition) is 4. The summed E-state index contributed by atoms with van der Waals surface area (Å²) in [6.45, 7) is 2.06. The number of benzene rings is 3. The Hall–Kier alpha value is -3.56. The Morgan fingerprint density at radius 2 is 1.67 bits per heavy atom. The highest BCUT2D eigenvalue weighted by Gasteiger charge is 2.13. The van der Waals surface area contributed by atoms with Crippen LogP contribution in [0.4, 0.5) is 11.4 Å². The zero-order valence-corrected chi connectivity index (χ0v) is 17.3. The number of anilines is 2. The summed E-state index contributed by atoms with van der Waals surface area (Å²) in [5.41, 5.74) is 3.46. The first-order chi connectivity index (χ1) is 14.6. The predicted molar refractivity (Wildman–Crippen MR) is 121 cm³/mol. The third-order valence-electron chi connectivity index (χ3n) is 4.36. The number of carbonyl (C=O) groups excluding carboxylic acids is 2. The molecule has 2 amide bonds. The van der Waals surface area contributed by atoms with Crippen LogP contribution < -0.4 is 10.6 Å². The second-order valence-corrected chi connectivity index (χ2v) is 7.55. The van der Waals surface area contributed by atoms with Crippen LogP contribution in [0.25, 0.3) is 0 Å². The van der Waals surface area contributed by atoms with E-state index in [1.54, 1.807) is 36.4 Å². The van der Waals surface area contributed by atoms with Gasteiger partial charge in [0.2, 0.25) is 5.91 Å². The number of nitrogens with zero attached hydrogens (tertiary/aromatic N) is 1. The minimum absolute atomic E-state index is 0.145. The van der Waals surface area contributed by atoms with Crippen molar-refractivity contribution in [3.63, 3.8) is 0 Å². The molecule has 0 aliphatic rings. The molecule has 0 radical (unpaired) electrons. The average molecular weight is 416 g/mol. The molecule has 6 heteroatoms. The Morgan fingerprint density at radius 3 is 2.43 bits per heavy atom. The number of carbonyl (C=O) groups is 2. The van der Waals surface area contributed by atoms with Crippen molar-refractivity contribution < 1.29 is 9.59 Å². The largest absolute Gasteiger partial charge is 0.325 e. The maximum atomic E-state index is 12.8. The van der Waals surface area contributed by atoms with E-state index >= 15 is 0 Å². The first-order valence-electron chi connectivity index (χ1n) is 9.51. The van der Waals surface area contributed by atoms with Gasteiger partial charge in [0.15, 0.2) is 0 Å². The van der Waals surface area contributed by atoms with Crippen LogP contribution in [0.5, 0.6) is 0 Å². The number of aryl methyl sites for hydroxylation is 1. The molecule has 0 atom stereocenters. The molecular formula is C24H21N3O2S. The molecule has 0 aliphatic carbocycles. The minimum Gasteiger partial charge on any atom is -0.325 e. The molecule has 0 aromatic heterocycles. The first-order valence-corrected chi connectivity index (χ1v) is 10.5. The van der Waals surface area contributed by atoms with Gasteiger partial charge in [-0.05, 0) is 54.4 Å². The molecule has 30 heavy (non-hydrogen) atoms. The molecule has 0 unspecified atom stereocenters. The van der Waals surface area contributed by atoms with Crippen molar-refractivity contribution >= 4 is 35.0 Å². The smallest absolute Gasteiger partial charge is 0.256 e. The van der Waals surface area contributed by atoms with E-state index in [0.717, 1.165) is 22.6 Å². The summed E-state index contributed by atoms with van der Waals surface area (Å²) in [5.74, 6) is -0.277. The van der Waals surface area contributed by atoms with Crippen molar-refractivity contribution in [2.75, 3.05) is 16.4 Å². The van der Waals surface area contributed by atoms with Gasteiger partial charge in [-0.1, -0.05) is 37.3 Å². The van der Waals surface area contributed by atoms with Gasteiger partial charge in [-0.2, -0.15) is 5.26 Å². The Morgan fingerprint density at radius 1 is 0.933 bits per heavy atom. The fraction of sp³-hybridized carbons (Fsp3) is 0.125. The van der Waals surface area contributed by atoms with Gasteiger partial charge in [0, 0.05) is 16.3 Å². The molecule has 2 N–H and O–H groups in total. The van der Waals surface area contributed by atoms with Crippen molar-refractivity contribution in [1.82, 2.24) is 0 Å². The minimum atomic E-state index is -0.214. The van der Waals surface area contributed by atoms with Crippen LogP contribution in [0.1, 0.15) is 28.4 Å². The quantitative estimate of drug-likeness (QED) is 0.526. The summed E-state index contributed by atoms with van der Waals surface area (Å²) in [6, 6.07) is 23.7. The van der Waals surface area contributed by atoms with Gasteiger partial charge >= 0.3 is 0 Å². The Labute approximate surface area is 180 Å². The molecule has 3 aromatic rings. The van der Waals surface area contributed by atoms with E-state index in [1.165, 1.54) is 11.8 Å². The molecule has 150 valence electrons. The SMILES string of the molecule is CCc1cccc(NC(=O)c2ccccc2SCC(=O)Nc2cccc(C#N)c2)c1. The van der Waals surface area contributed by atoms with Crippen molar-refractivity contribution in [3.05, 3.63) is 89.5 Å². The van der Waals surface area contributed by atoms with Gasteiger partial charge in [0.05, 0.1) is 22.9 Å². The third-order valence-corrected chi connectivity index (χ3v) is 5.43. The standard InChI is InChI=1S/C24H21N3O2S/c1-2-17-7-5-10-20(13-17)27-24(29)21-11-3-4-12-22(21)30-16-23(28)26-19-9-6-8-18(14-19)15-25/h3-14H,2,16H2,1H3,(H,26,28)(H,27,29). The van der Waals surface area contributed by atoms with Gasteiger partial charge in [-0.25, -0.2) is 0 Å². The van der Waals surface area contributed by atoms with E-state index in [2.05, 4.69) is 17.6 Å². The van der Waals surface area contributed by atoms with Gasteiger partial charge in [-0.15, -0.1) is 11.8 Å². The lowest BCUT2D eigenvalue weighted by atomic mass is 10.1. The van der Waals surface area contributed by atoms with Crippen LogP contribution in [0.2, 0.25) is 0 Å². The van der Waals surface area contributed by atoms with E-state index in [1.807, 2.05) is 42.5 Å². The van der Waals surface area contributed by atoms with Gasteiger partial charge in [-0.3, -0.25) is 9.59 Å². The van der Waals surface area contributed by atoms with Crippen molar-refractivity contribution in [2.24, 2.45) is 0 Å². The molecule has 0 aliphatic heterocycles. The monoisotopic (exact) mass is 415 g/mol. The zero-order valence-electron chi connectivity index (χ0n) is 16.5. The van der Waals surface area contributed by atoms with E-state index in [4.69, 9.17) is 5.26 Å². The topological polar surface area (TPSA) is 82.0 Å². The summed E-state index contributed by atoms with van der Waals surface area (Å²) < 4.78 is 0. The number of nitrogens with one attached hydrogen (secondary N) is 2. The van der Waals surface area contributed by atoms with Crippen molar-refractivity contribution in [3.8, 4) is 6.07 Å². The van der Waals surface area contributed by atoms with Crippen LogP contribution in [-0.2, 0) is 11.2 Å². The Kier molecular flexibility index (Phi) is 7.25. The third kappa shape index (κ3) is 5.72. The van der Waals surface area contributed by atoms with E-state index in [0.29, 0.717) is 16.8 Å². The average Bonchev–Trinajstić information content (AvgIpc) is 2.78. The summed E-state index contributed by atoms with van der Waals surface area (Å²) in [6.07, 6.45) is 0.891. The van der Waals surface area contributed by atoms with Crippen LogP contribution in [0, 0.1) is 11.3 Å². The summed E-state index contributed by atoms with van der Waals surface area (Å²) in [4.78, 5) is 25.8. The van der Waals surface area contributed by atoms with Crippen LogP contribution >= 0.6 is 11.8 Å². The molecule has 3 aromatic carbocycles. The fourth-order valence-corrected chi connectivity index (χ4v) is 3.70. The number of thioether (sulfide) groups is 1. The molecule has 3 rings (SSSR count). The molecule has 0 fully saturated rings. The fourth-order valence-electron chi connectivity index (χ4n) is 2.85. The van der Waals surface area contributed by atoms with Gasteiger partial charge in [0.1, 0.15) is 0 Å². The van der Waals surface area contributed by atoms with Crippen molar-refractivity contribution in [1.29, 1.82) is 5.26 Å². The van der Waals surface area contributed by atoms with E-state index in [-0.39, 0.29) is 17.6 Å². The number of nitriles is 1. The lowest BCUT2D eigenvalue weighted by Crippen LogP contribution is -2.16. The molecule has 0 spiro atoms. The van der Waals surface area contributed by atoms with E-state index in [9.17, 15) is 9.59 Å². The van der Waals surface area contributed by atoms with E-state index < -0.39 is 0 Å². The second-order valence-electron chi connectivity index (χ2n) is 6.53. The lowest BCUT2D eigenvalue weighted by molar-refractivity contribution is -0.113. The maximum Gasteiger partial charge on any atom is 0.256 e. The molecule has 0 heterocycles. The Balaban J connectivity index is 1.65. The maximum absolute atomic E-state index is 12.8. The molecular weight excluding hydrogens is 394 g/mol. The first kappa shape index (κ1) is 21.2. The van der Waals surface area contributed by atoms with Gasteiger partial charge in [0.25, 0.3) is 5.91 Å². The van der Waals surface area contributed by atoms with Crippen molar-refractivity contribution in [2.45, 2.75) is 18.2 Å². The molecule has 0 saturated heterocycles. The van der Waals surface area contributed by atoms with Gasteiger partial charge < -0.3 is 10.6 Å². The zero-order chi connectivity index (χ0) is 21.3. The normalized spacial score (nSPS) is 10.1. The summed E-state index contributed by atoms with van der Waals surface area (Å²) >= 11 is 1.29. The highest BCUT2D eigenvalue weighted by molar-refractivity contribution is 8.00. The Bertz CT molecular complexity index is 1110. The summed E-state index contributed by atoms with van der Waals surface area (Å²) in [5, 5.41) is 14.7. The second kappa shape index (κ2) is 10.3. The highest BCUT2D eigenvalue weighted by atomic mass is 32.2. The number of rotatable bonds is 7. The predicted octanol–water partition coefficient (Wildman–Crippen LogP) is 5.10. The molecule has 0 saturated carbocycles. The molecule has 5 nitrogen and oxygen atoms in total. The number of hydrogen-bond donors (Lipinski definition) is 2.